The Morgan fingerprint density at radius 1 is 1.00 bits per heavy atom. The molecule has 5 rings (SSSR count). The number of para-hydroxylation sites is 1. The second-order valence-corrected chi connectivity index (χ2v) is 10.8. The average Bonchev–Trinajstić information content (AvgIpc) is 3.36. The number of ether oxygens (including phenoxy) is 1. The summed E-state index contributed by atoms with van der Waals surface area (Å²) in [7, 11) is 0. The second-order valence-electron chi connectivity index (χ2n) is 9.88. The molecule has 166 valence electrons. The molecule has 0 saturated carbocycles. The number of anilines is 1. The summed E-state index contributed by atoms with van der Waals surface area (Å²) in [5, 5.41) is 3.49. The topological polar surface area (TPSA) is 75.7 Å². The monoisotopic (exact) mass is 496 g/mol. The number of imide groups is 1. The largest absolute Gasteiger partial charge is 0.459 e. The number of nitrogens with one attached hydrogen (secondary N) is 1. The van der Waals surface area contributed by atoms with Crippen LogP contribution in [-0.4, -0.2) is 28.9 Å². The Balaban J connectivity index is 1.66. The number of esters is 1. The van der Waals surface area contributed by atoms with Crippen LogP contribution in [0.4, 0.5) is 5.69 Å². The van der Waals surface area contributed by atoms with Crippen LogP contribution in [0.15, 0.2) is 59.1 Å². The van der Waals surface area contributed by atoms with Gasteiger partial charge in [-0.25, -0.2) is 4.90 Å². The number of halogens is 1. The SMILES string of the molecule is CC(C)(C)OC(=O)C12CCC(c3ccc(Br)cc3)(N1)C1C(=O)N(c3ccccc3)C(=O)C12. The van der Waals surface area contributed by atoms with Crippen LogP contribution in [0.25, 0.3) is 0 Å². The van der Waals surface area contributed by atoms with Gasteiger partial charge in [0.15, 0.2) is 0 Å². The molecule has 3 saturated heterocycles. The van der Waals surface area contributed by atoms with Gasteiger partial charge in [-0.15, -0.1) is 0 Å². The molecule has 0 aromatic heterocycles. The van der Waals surface area contributed by atoms with Crippen molar-refractivity contribution in [2.24, 2.45) is 11.8 Å². The van der Waals surface area contributed by atoms with Crippen LogP contribution in [-0.2, 0) is 24.7 Å². The molecule has 4 unspecified atom stereocenters. The van der Waals surface area contributed by atoms with Gasteiger partial charge in [-0.2, -0.15) is 0 Å². The fourth-order valence-electron chi connectivity index (χ4n) is 5.67. The predicted octanol–water partition coefficient (Wildman–Crippen LogP) is 3.93. The van der Waals surface area contributed by atoms with Gasteiger partial charge in [-0.3, -0.25) is 19.7 Å². The predicted molar refractivity (Wildman–Crippen MR) is 123 cm³/mol. The normalized spacial score (nSPS) is 31.2. The van der Waals surface area contributed by atoms with Crippen molar-refractivity contribution >= 4 is 39.4 Å². The first kappa shape index (κ1) is 21.3. The Labute approximate surface area is 195 Å². The maximum Gasteiger partial charge on any atom is 0.327 e. The van der Waals surface area contributed by atoms with E-state index >= 15 is 0 Å². The van der Waals surface area contributed by atoms with E-state index in [0.29, 0.717) is 18.5 Å². The summed E-state index contributed by atoms with van der Waals surface area (Å²) in [5.74, 6) is -2.58. The minimum atomic E-state index is -1.23. The molecule has 1 N–H and O–H groups in total. The lowest BCUT2D eigenvalue weighted by atomic mass is 9.65. The molecule has 3 heterocycles. The lowest BCUT2D eigenvalue weighted by Gasteiger charge is -2.34. The summed E-state index contributed by atoms with van der Waals surface area (Å²) in [4.78, 5) is 42.3. The molecule has 3 aliphatic rings. The van der Waals surface area contributed by atoms with Crippen LogP contribution in [0.3, 0.4) is 0 Å². The van der Waals surface area contributed by atoms with Gasteiger partial charge >= 0.3 is 5.97 Å². The number of carbonyl (C=O) groups is 3. The molecule has 2 aromatic rings. The zero-order valence-electron chi connectivity index (χ0n) is 18.2. The van der Waals surface area contributed by atoms with Gasteiger partial charge < -0.3 is 4.74 Å². The third-order valence-corrected chi connectivity index (χ3v) is 7.39. The first-order chi connectivity index (χ1) is 15.1. The highest BCUT2D eigenvalue weighted by atomic mass is 79.9. The number of rotatable bonds is 3. The first-order valence-corrected chi connectivity index (χ1v) is 11.6. The van der Waals surface area contributed by atoms with Crippen molar-refractivity contribution in [3.63, 3.8) is 0 Å². The maximum atomic E-state index is 13.8. The van der Waals surface area contributed by atoms with Gasteiger partial charge in [0.05, 0.1) is 23.1 Å². The molecule has 0 radical (unpaired) electrons. The molecular weight excluding hydrogens is 472 g/mol. The lowest BCUT2D eigenvalue weighted by Crippen LogP contribution is -2.56. The van der Waals surface area contributed by atoms with Gasteiger partial charge in [-0.1, -0.05) is 46.3 Å². The van der Waals surface area contributed by atoms with Gasteiger partial charge in [0, 0.05) is 4.47 Å². The van der Waals surface area contributed by atoms with Gasteiger partial charge in [0.2, 0.25) is 11.8 Å². The molecule has 0 aliphatic carbocycles. The summed E-state index contributed by atoms with van der Waals surface area (Å²) in [5.41, 5.74) is -1.32. The van der Waals surface area contributed by atoms with E-state index in [1.165, 1.54) is 4.90 Å². The number of benzene rings is 2. The Morgan fingerprint density at radius 2 is 1.62 bits per heavy atom. The molecule has 0 spiro atoms. The van der Waals surface area contributed by atoms with Crippen LogP contribution in [0, 0.1) is 11.8 Å². The van der Waals surface area contributed by atoms with Crippen LogP contribution in [0.2, 0.25) is 0 Å². The Morgan fingerprint density at radius 3 is 2.25 bits per heavy atom. The smallest absolute Gasteiger partial charge is 0.327 e. The zero-order valence-corrected chi connectivity index (χ0v) is 19.8. The van der Waals surface area contributed by atoms with E-state index in [1.807, 2.05) is 51.1 Å². The van der Waals surface area contributed by atoms with Crippen LogP contribution < -0.4 is 10.2 Å². The van der Waals surface area contributed by atoms with E-state index in [9.17, 15) is 14.4 Å². The molecule has 2 aromatic carbocycles. The zero-order chi connectivity index (χ0) is 22.9. The summed E-state index contributed by atoms with van der Waals surface area (Å²) in [6.07, 6.45) is 0.998. The summed E-state index contributed by atoms with van der Waals surface area (Å²) in [6, 6.07) is 16.7. The van der Waals surface area contributed by atoms with Crippen molar-refractivity contribution in [3.8, 4) is 0 Å². The molecular formula is C25H25BrN2O4. The molecule has 2 amide bonds. The Bertz CT molecular complexity index is 1110. The number of nitrogens with zero attached hydrogens (tertiary/aromatic N) is 1. The standard InChI is InChI=1S/C25H25BrN2O4/c1-23(2,3)32-22(31)25-14-13-24(27-25,15-9-11-16(26)12-10-15)18-19(25)21(30)28(20(18)29)17-7-5-4-6-8-17/h4-12,18-19,27H,13-14H2,1-3H3. The van der Waals surface area contributed by atoms with Crippen LogP contribution >= 0.6 is 15.9 Å². The fourth-order valence-corrected chi connectivity index (χ4v) is 5.93. The minimum absolute atomic E-state index is 0.272. The molecule has 4 atom stereocenters. The van der Waals surface area contributed by atoms with Crippen molar-refractivity contribution in [3.05, 3.63) is 64.6 Å². The summed E-state index contributed by atoms with van der Waals surface area (Å²) in [6.45, 7) is 5.42. The van der Waals surface area contributed by atoms with E-state index in [2.05, 4.69) is 21.2 Å². The van der Waals surface area contributed by atoms with Crippen molar-refractivity contribution in [1.29, 1.82) is 0 Å². The van der Waals surface area contributed by atoms with Crippen molar-refractivity contribution in [1.82, 2.24) is 5.32 Å². The van der Waals surface area contributed by atoms with Crippen molar-refractivity contribution < 1.29 is 19.1 Å². The number of carbonyl (C=O) groups excluding carboxylic acids is 3. The molecule has 32 heavy (non-hydrogen) atoms. The third kappa shape index (κ3) is 2.90. The van der Waals surface area contributed by atoms with Crippen molar-refractivity contribution in [2.45, 2.75) is 50.3 Å². The Kier molecular flexibility index (Phi) is 4.66. The highest BCUT2D eigenvalue weighted by Gasteiger charge is 2.77. The first-order valence-electron chi connectivity index (χ1n) is 10.8. The number of hydrogen-bond acceptors (Lipinski definition) is 5. The lowest BCUT2D eigenvalue weighted by molar-refractivity contribution is -0.165. The molecule has 2 bridgehead atoms. The van der Waals surface area contributed by atoms with E-state index in [0.717, 1.165) is 10.0 Å². The summed E-state index contributed by atoms with van der Waals surface area (Å²) < 4.78 is 6.70. The number of amides is 2. The molecule has 3 fully saturated rings. The number of hydrogen-bond donors (Lipinski definition) is 1. The average molecular weight is 497 g/mol. The minimum Gasteiger partial charge on any atom is -0.459 e. The second kappa shape index (κ2) is 6.99. The molecule has 6 nitrogen and oxygen atoms in total. The van der Waals surface area contributed by atoms with Crippen molar-refractivity contribution in [2.75, 3.05) is 4.90 Å². The van der Waals surface area contributed by atoms with Gasteiger partial charge in [0.1, 0.15) is 11.1 Å². The maximum absolute atomic E-state index is 13.8. The third-order valence-electron chi connectivity index (χ3n) is 6.86. The molecule has 7 heteroatoms. The fraction of sp³-hybridized carbons (Fsp3) is 0.400. The quantitative estimate of drug-likeness (QED) is 0.514. The molecule has 3 aliphatic heterocycles. The van der Waals surface area contributed by atoms with E-state index < -0.39 is 34.5 Å². The highest BCUT2D eigenvalue weighted by molar-refractivity contribution is 9.10. The highest BCUT2D eigenvalue weighted by Crippen LogP contribution is 2.61. The number of fused-ring (bicyclic) bond motifs is 5. The summed E-state index contributed by atoms with van der Waals surface area (Å²) >= 11 is 3.46. The van der Waals surface area contributed by atoms with Gasteiger partial charge in [-0.05, 0) is 63.4 Å². The van der Waals surface area contributed by atoms with E-state index in [1.54, 1.807) is 24.3 Å². The van der Waals surface area contributed by atoms with Crippen LogP contribution in [0.5, 0.6) is 0 Å². The Hall–Kier alpha value is -2.51. The van der Waals surface area contributed by atoms with E-state index in [-0.39, 0.29) is 11.8 Å². The van der Waals surface area contributed by atoms with Crippen LogP contribution in [0.1, 0.15) is 39.2 Å². The van der Waals surface area contributed by atoms with E-state index in [4.69, 9.17) is 4.74 Å². The van der Waals surface area contributed by atoms with Gasteiger partial charge in [0.25, 0.3) is 0 Å².